The van der Waals surface area contributed by atoms with Gasteiger partial charge in [0, 0.05) is 19.1 Å². The van der Waals surface area contributed by atoms with Crippen LogP contribution in [0.3, 0.4) is 0 Å². The summed E-state index contributed by atoms with van der Waals surface area (Å²) in [6.45, 7) is -0.0366. The Bertz CT molecular complexity index is 1400. The molecule has 8 nitrogen and oxygen atoms in total. The van der Waals surface area contributed by atoms with E-state index in [0.717, 1.165) is 17.0 Å². The van der Waals surface area contributed by atoms with E-state index in [1.165, 1.54) is 6.07 Å². The SMILES string of the molecule is O=C(O)N1CCC(NS(=O)(=O)c2cc3c(cc2C(F)(F)F)CCc2ccc(F)cc2S3(=O)=O)CC1. The second-order valence-corrected chi connectivity index (χ2v) is 11.9. The van der Waals surface area contributed by atoms with Crippen molar-refractivity contribution in [1.29, 1.82) is 0 Å². The number of fused-ring (bicyclic) bond motifs is 2. The Kier molecular flexibility index (Phi) is 6.34. The van der Waals surface area contributed by atoms with E-state index < -0.39 is 64.2 Å². The van der Waals surface area contributed by atoms with E-state index in [-0.39, 0.29) is 49.9 Å². The molecule has 1 saturated heterocycles. The number of rotatable bonds is 3. The molecule has 0 spiro atoms. The fourth-order valence-corrected chi connectivity index (χ4v) is 7.75. The molecular formula is C21H20F4N2O6S2. The molecule has 4 rings (SSSR count). The molecule has 1 amide bonds. The first-order chi connectivity index (χ1) is 16.2. The predicted octanol–water partition coefficient (Wildman–Crippen LogP) is 3.20. The van der Waals surface area contributed by atoms with Gasteiger partial charge in [-0.05, 0) is 61.1 Å². The standard InChI is InChI=1S/C21H20F4N2O6S2/c22-14-4-3-12-1-2-13-9-16(21(23,24)25)19(11-18(13)34(30,31)17(12)10-14)35(32,33)26-15-5-7-27(8-6-15)20(28)29/h3-4,9-11,15,26H,1-2,5-8H2,(H,28,29). The summed E-state index contributed by atoms with van der Waals surface area (Å²) < 4.78 is 110. The van der Waals surface area contributed by atoms with E-state index in [1.54, 1.807) is 0 Å². The van der Waals surface area contributed by atoms with E-state index in [1.807, 2.05) is 0 Å². The zero-order valence-corrected chi connectivity index (χ0v) is 19.6. The van der Waals surface area contributed by atoms with Crippen LogP contribution in [-0.2, 0) is 38.9 Å². The Morgan fingerprint density at radius 3 is 2.23 bits per heavy atom. The van der Waals surface area contributed by atoms with Crippen LogP contribution in [0.1, 0.15) is 29.5 Å². The highest BCUT2D eigenvalue weighted by atomic mass is 32.2. The number of likely N-dealkylation sites (tertiary alicyclic amines) is 1. The molecule has 0 bridgehead atoms. The van der Waals surface area contributed by atoms with Crippen LogP contribution in [0.25, 0.3) is 0 Å². The highest BCUT2D eigenvalue weighted by Gasteiger charge is 2.41. The van der Waals surface area contributed by atoms with Crippen molar-refractivity contribution in [3.63, 3.8) is 0 Å². The lowest BCUT2D eigenvalue weighted by Crippen LogP contribution is -2.46. The number of halogens is 4. The quantitative estimate of drug-likeness (QED) is 0.582. The van der Waals surface area contributed by atoms with Gasteiger partial charge >= 0.3 is 12.3 Å². The van der Waals surface area contributed by atoms with Gasteiger partial charge in [-0.1, -0.05) is 6.07 Å². The number of nitrogens with zero attached hydrogens (tertiary/aromatic N) is 1. The lowest BCUT2D eigenvalue weighted by molar-refractivity contribution is -0.140. The molecule has 2 aromatic rings. The van der Waals surface area contributed by atoms with Crippen LogP contribution in [0.2, 0.25) is 0 Å². The monoisotopic (exact) mass is 536 g/mol. The van der Waals surface area contributed by atoms with Crippen molar-refractivity contribution in [1.82, 2.24) is 9.62 Å². The number of hydrogen-bond acceptors (Lipinski definition) is 5. The molecule has 0 saturated carbocycles. The molecule has 14 heteroatoms. The molecule has 190 valence electrons. The third kappa shape index (κ3) is 4.86. The van der Waals surface area contributed by atoms with Gasteiger partial charge in [-0.15, -0.1) is 0 Å². The topological polar surface area (TPSA) is 121 Å². The fraction of sp³-hybridized carbons (Fsp3) is 0.381. The first-order valence-corrected chi connectivity index (χ1v) is 13.4. The van der Waals surface area contributed by atoms with Crippen LogP contribution in [0.15, 0.2) is 45.0 Å². The Labute approximate surface area is 198 Å². The molecule has 0 atom stereocenters. The van der Waals surface area contributed by atoms with Crippen molar-refractivity contribution in [3.05, 3.63) is 52.8 Å². The molecule has 0 aliphatic carbocycles. The average molecular weight is 537 g/mol. The van der Waals surface area contributed by atoms with Gasteiger partial charge < -0.3 is 10.0 Å². The summed E-state index contributed by atoms with van der Waals surface area (Å²) in [5, 5.41) is 9.01. The molecule has 2 heterocycles. The van der Waals surface area contributed by atoms with Gasteiger partial charge in [0.2, 0.25) is 19.9 Å². The zero-order chi connectivity index (χ0) is 25.8. The summed E-state index contributed by atoms with van der Waals surface area (Å²) in [7, 11) is -9.39. The lowest BCUT2D eigenvalue weighted by Gasteiger charge is -2.30. The minimum absolute atomic E-state index is 0.0183. The number of piperidine rings is 1. The van der Waals surface area contributed by atoms with Crippen molar-refractivity contribution in [2.45, 2.75) is 52.6 Å². The summed E-state index contributed by atoms with van der Waals surface area (Å²) in [4.78, 5) is 9.78. The number of alkyl halides is 3. The van der Waals surface area contributed by atoms with Gasteiger partial charge in [-0.2, -0.15) is 13.2 Å². The smallest absolute Gasteiger partial charge is 0.417 e. The number of benzene rings is 2. The predicted molar refractivity (Wildman–Crippen MR) is 114 cm³/mol. The Balaban J connectivity index is 1.80. The third-order valence-electron chi connectivity index (χ3n) is 6.12. The first kappa shape index (κ1) is 25.4. The average Bonchev–Trinajstić information content (AvgIpc) is 2.86. The summed E-state index contributed by atoms with van der Waals surface area (Å²) in [6.07, 6.45) is -6.35. The second-order valence-electron chi connectivity index (χ2n) is 8.37. The van der Waals surface area contributed by atoms with Crippen molar-refractivity contribution < 1.29 is 44.3 Å². The number of amides is 1. The molecule has 0 unspecified atom stereocenters. The fourth-order valence-electron chi connectivity index (χ4n) is 4.34. The van der Waals surface area contributed by atoms with E-state index >= 15 is 0 Å². The molecule has 0 radical (unpaired) electrons. The Hall–Kier alpha value is -2.71. The number of aryl methyl sites for hydroxylation is 2. The first-order valence-electron chi connectivity index (χ1n) is 10.5. The second kappa shape index (κ2) is 8.75. The Morgan fingerprint density at radius 1 is 1.03 bits per heavy atom. The number of hydrogen-bond donors (Lipinski definition) is 2. The molecule has 2 N–H and O–H groups in total. The van der Waals surface area contributed by atoms with Crippen molar-refractivity contribution in [2.75, 3.05) is 13.1 Å². The molecule has 0 aromatic heterocycles. The van der Waals surface area contributed by atoms with Gasteiger partial charge in [0.1, 0.15) is 5.82 Å². The van der Waals surface area contributed by atoms with Gasteiger partial charge in [0.25, 0.3) is 0 Å². The van der Waals surface area contributed by atoms with E-state index in [0.29, 0.717) is 12.1 Å². The molecule has 2 aliphatic rings. The molecule has 35 heavy (non-hydrogen) atoms. The minimum atomic E-state index is -5.11. The maximum atomic E-state index is 13.9. The highest BCUT2D eigenvalue weighted by Crippen LogP contribution is 2.40. The van der Waals surface area contributed by atoms with Crippen molar-refractivity contribution in [3.8, 4) is 0 Å². The largest absolute Gasteiger partial charge is 0.465 e. The van der Waals surface area contributed by atoms with Gasteiger partial charge in [-0.3, -0.25) is 0 Å². The van der Waals surface area contributed by atoms with Crippen molar-refractivity contribution in [2.24, 2.45) is 0 Å². The summed E-state index contributed by atoms with van der Waals surface area (Å²) in [6, 6.07) is 3.21. The Morgan fingerprint density at radius 2 is 1.63 bits per heavy atom. The molecule has 1 fully saturated rings. The maximum absolute atomic E-state index is 13.9. The van der Waals surface area contributed by atoms with Crippen LogP contribution < -0.4 is 4.72 Å². The number of carbonyl (C=O) groups is 1. The van der Waals surface area contributed by atoms with Gasteiger partial charge in [0.15, 0.2) is 0 Å². The molecular weight excluding hydrogens is 516 g/mol. The van der Waals surface area contributed by atoms with Crippen LogP contribution in [0.4, 0.5) is 22.4 Å². The van der Waals surface area contributed by atoms with Gasteiger partial charge in [-0.25, -0.2) is 30.7 Å². The summed E-state index contributed by atoms with van der Waals surface area (Å²) >= 11 is 0. The number of nitrogens with one attached hydrogen (secondary N) is 1. The lowest BCUT2D eigenvalue weighted by atomic mass is 10.0. The molecule has 2 aliphatic heterocycles. The van der Waals surface area contributed by atoms with Crippen LogP contribution in [0.5, 0.6) is 0 Å². The zero-order valence-electron chi connectivity index (χ0n) is 18.0. The van der Waals surface area contributed by atoms with Crippen molar-refractivity contribution >= 4 is 26.0 Å². The van der Waals surface area contributed by atoms with E-state index in [4.69, 9.17) is 5.11 Å². The van der Waals surface area contributed by atoms with Crippen LogP contribution in [0, 0.1) is 5.82 Å². The third-order valence-corrected chi connectivity index (χ3v) is 9.60. The van der Waals surface area contributed by atoms with E-state index in [9.17, 15) is 39.2 Å². The highest BCUT2D eigenvalue weighted by molar-refractivity contribution is 7.92. The van der Waals surface area contributed by atoms with Crippen LogP contribution in [-0.4, -0.2) is 52.1 Å². The number of sulfone groups is 1. The summed E-state index contributed by atoms with van der Waals surface area (Å²) in [5.41, 5.74) is -1.52. The normalized spacial score (nSPS) is 18.5. The number of carboxylic acid groups (broad SMARTS) is 1. The molecule has 2 aromatic carbocycles. The maximum Gasteiger partial charge on any atom is 0.417 e. The minimum Gasteiger partial charge on any atom is -0.465 e. The number of sulfonamides is 1. The van der Waals surface area contributed by atoms with Gasteiger partial charge in [0.05, 0.1) is 20.2 Å². The van der Waals surface area contributed by atoms with E-state index in [2.05, 4.69) is 4.72 Å². The summed E-state index contributed by atoms with van der Waals surface area (Å²) in [5.74, 6) is -0.857. The van der Waals surface area contributed by atoms with Crippen LogP contribution >= 0.6 is 0 Å².